The monoisotopic (exact) mass is 340 g/mol. The lowest BCUT2D eigenvalue weighted by Crippen LogP contribution is -2.22. The third-order valence-corrected chi connectivity index (χ3v) is 4.07. The van der Waals surface area contributed by atoms with Crippen LogP contribution in [0.25, 0.3) is 0 Å². The lowest BCUT2D eigenvalue weighted by molar-refractivity contribution is 0.476. The molecule has 0 radical (unpaired) electrons. The van der Waals surface area contributed by atoms with E-state index in [4.69, 9.17) is 0 Å². The summed E-state index contributed by atoms with van der Waals surface area (Å²) in [5.41, 5.74) is 0.880. The fourth-order valence-electron chi connectivity index (χ4n) is 2.19. The second-order valence-electron chi connectivity index (χ2n) is 4.90. The normalized spacial score (nSPS) is 12.9. The van der Waals surface area contributed by atoms with Crippen molar-refractivity contribution in [2.45, 2.75) is 32.4 Å². The quantitative estimate of drug-likeness (QED) is 0.908. The van der Waals surface area contributed by atoms with Gasteiger partial charge < -0.3 is 5.32 Å². The Labute approximate surface area is 126 Å². The Morgan fingerprint density at radius 3 is 2.80 bits per heavy atom. The Kier molecular flexibility index (Phi) is 4.88. The molecule has 1 aromatic carbocycles. The summed E-state index contributed by atoms with van der Waals surface area (Å²) in [5, 5.41) is 7.44. The highest BCUT2D eigenvalue weighted by Gasteiger charge is 2.19. The molecule has 0 aliphatic rings. The van der Waals surface area contributed by atoms with Crippen LogP contribution in [0.5, 0.6) is 0 Å². The summed E-state index contributed by atoms with van der Waals surface area (Å²) in [6, 6.07) is 5.29. The lowest BCUT2D eigenvalue weighted by Gasteiger charge is -2.19. The minimum absolute atomic E-state index is 0.0261. The molecule has 1 unspecified atom stereocenters. The van der Waals surface area contributed by atoms with Crippen molar-refractivity contribution in [3.05, 3.63) is 46.2 Å². The van der Waals surface area contributed by atoms with Crippen molar-refractivity contribution < 1.29 is 4.39 Å². The molecular weight excluding hydrogens is 323 g/mol. The zero-order chi connectivity index (χ0) is 14.7. The van der Waals surface area contributed by atoms with Gasteiger partial charge in [-0.3, -0.25) is 0 Å². The number of hydrogen-bond acceptors (Lipinski definition) is 3. The van der Waals surface area contributed by atoms with E-state index in [0.717, 1.165) is 11.4 Å². The Morgan fingerprint density at radius 2 is 2.15 bits per heavy atom. The lowest BCUT2D eigenvalue weighted by atomic mass is 10.0. The Morgan fingerprint density at radius 1 is 1.40 bits per heavy atom. The molecule has 20 heavy (non-hydrogen) atoms. The van der Waals surface area contributed by atoms with E-state index in [9.17, 15) is 4.39 Å². The summed E-state index contributed by atoms with van der Waals surface area (Å²) in [6.07, 6.45) is 2.21. The highest BCUT2D eigenvalue weighted by molar-refractivity contribution is 9.10. The Bertz CT molecular complexity index is 582. The predicted octanol–water partition coefficient (Wildman–Crippen LogP) is 3.26. The molecule has 0 aliphatic heterocycles. The van der Waals surface area contributed by atoms with Gasteiger partial charge in [0.05, 0.1) is 4.47 Å². The van der Waals surface area contributed by atoms with Gasteiger partial charge in [0.25, 0.3) is 0 Å². The molecule has 0 saturated heterocycles. The summed E-state index contributed by atoms with van der Waals surface area (Å²) in [6.45, 7) is 4.12. The first-order chi connectivity index (χ1) is 9.54. The zero-order valence-corrected chi connectivity index (χ0v) is 13.4. The molecule has 0 saturated carbocycles. The molecule has 0 amide bonds. The van der Waals surface area contributed by atoms with E-state index in [1.807, 2.05) is 17.8 Å². The SMILES string of the molecule is CNC(Cc1ncnn1C(C)C)c1cccc(F)c1Br. The largest absolute Gasteiger partial charge is 0.313 e. The minimum atomic E-state index is -0.256. The highest BCUT2D eigenvalue weighted by Crippen LogP contribution is 2.28. The Hall–Kier alpha value is -1.27. The van der Waals surface area contributed by atoms with Gasteiger partial charge in [0.15, 0.2) is 0 Å². The molecule has 2 rings (SSSR count). The Balaban J connectivity index is 2.29. The summed E-state index contributed by atoms with van der Waals surface area (Å²) < 4.78 is 16.0. The molecule has 1 atom stereocenters. The molecule has 0 aliphatic carbocycles. The first-order valence-corrected chi connectivity index (χ1v) is 7.33. The predicted molar refractivity (Wildman–Crippen MR) is 80.0 cm³/mol. The number of likely N-dealkylation sites (N-methyl/N-ethyl adjacent to an activating group) is 1. The van der Waals surface area contributed by atoms with Gasteiger partial charge in [-0.25, -0.2) is 14.1 Å². The van der Waals surface area contributed by atoms with Crippen LogP contribution in [0.2, 0.25) is 0 Å². The maximum absolute atomic E-state index is 13.7. The zero-order valence-electron chi connectivity index (χ0n) is 11.8. The minimum Gasteiger partial charge on any atom is -0.313 e. The molecule has 1 aromatic heterocycles. The topological polar surface area (TPSA) is 42.7 Å². The smallest absolute Gasteiger partial charge is 0.138 e. The summed E-state index contributed by atoms with van der Waals surface area (Å²) in [7, 11) is 1.86. The van der Waals surface area contributed by atoms with Crippen LogP contribution in [0.1, 0.15) is 37.3 Å². The molecule has 0 fully saturated rings. The van der Waals surface area contributed by atoms with Gasteiger partial charge in [-0.15, -0.1) is 0 Å². The molecule has 1 N–H and O–H groups in total. The molecule has 2 aromatic rings. The van der Waals surface area contributed by atoms with Gasteiger partial charge >= 0.3 is 0 Å². The maximum atomic E-state index is 13.7. The van der Waals surface area contributed by atoms with Gasteiger partial charge in [-0.05, 0) is 48.5 Å². The number of nitrogens with one attached hydrogen (secondary N) is 1. The highest BCUT2D eigenvalue weighted by atomic mass is 79.9. The standard InChI is InChI=1S/C14H18BrFN4/c1-9(2)20-13(18-8-19-20)7-12(17-3)10-5-4-6-11(16)14(10)15/h4-6,8-9,12,17H,7H2,1-3H3. The number of benzene rings is 1. The molecule has 0 spiro atoms. The molecule has 4 nitrogen and oxygen atoms in total. The second kappa shape index (κ2) is 6.45. The van der Waals surface area contributed by atoms with E-state index in [1.165, 1.54) is 6.07 Å². The third kappa shape index (κ3) is 3.07. The van der Waals surface area contributed by atoms with Crippen LogP contribution in [0, 0.1) is 5.82 Å². The van der Waals surface area contributed by atoms with Gasteiger partial charge in [0.2, 0.25) is 0 Å². The van der Waals surface area contributed by atoms with Crippen LogP contribution < -0.4 is 5.32 Å². The van der Waals surface area contributed by atoms with Crippen molar-refractivity contribution in [2.75, 3.05) is 7.05 Å². The van der Waals surface area contributed by atoms with Crippen LogP contribution in [-0.2, 0) is 6.42 Å². The number of hydrogen-bond donors (Lipinski definition) is 1. The number of nitrogens with zero attached hydrogens (tertiary/aromatic N) is 3. The van der Waals surface area contributed by atoms with Crippen molar-refractivity contribution >= 4 is 15.9 Å². The summed E-state index contributed by atoms with van der Waals surface area (Å²) >= 11 is 3.32. The van der Waals surface area contributed by atoms with Crippen LogP contribution >= 0.6 is 15.9 Å². The van der Waals surface area contributed by atoms with E-state index in [-0.39, 0.29) is 17.9 Å². The first kappa shape index (κ1) is 15.1. The van der Waals surface area contributed by atoms with E-state index in [1.54, 1.807) is 12.4 Å². The van der Waals surface area contributed by atoms with E-state index in [0.29, 0.717) is 10.9 Å². The van der Waals surface area contributed by atoms with Crippen LogP contribution in [-0.4, -0.2) is 21.8 Å². The van der Waals surface area contributed by atoms with Gasteiger partial charge in [0.1, 0.15) is 18.0 Å². The summed E-state index contributed by atoms with van der Waals surface area (Å²) in [5.74, 6) is 0.628. The van der Waals surface area contributed by atoms with Crippen molar-refractivity contribution in [3.8, 4) is 0 Å². The van der Waals surface area contributed by atoms with E-state index >= 15 is 0 Å². The van der Waals surface area contributed by atoms with Gasteiger partial charge in [0, 0.05) is 18.5 Å². The number of halogens is 2. The third-order valence-electron chi connectivity index (χ3n) is 3.23. The fourth-order valence-corrected chi connectivity index (χ4v) is 2.73. The van der Waals surface area contributed by atoms with Crippen LogP contribution in [0.15, 0.2) is 29.0 Å². The molecule has 1 heterocycles. The molecular formula is C14H18BrFN4. The van der Waals surface area contributed by atoms with E-state index < -0.39 is 0 Å². The summed E-state index contributed by atoms with van der Waals surface area (Å²) in [4.78, 5) is 4.31. The number of aromatic nitrogens is 3. The molecule has 0 bridgehead atoms. The second-order valence-corrected chi connectivity index (χ2v) is 5.70. The van der Waals surface area contributed by atoms with Gasteiger partial charge in [-0.2, -0.15) is 5.10 Å². The maximum Gasteiger partial charge on any atom is 0.138 e. The van der Waals surface area contributed by atoms with Crippen LogP contribution in [0.3, 0.4) is 0 Å². The van der Waals surface area contributed by atoms with Crippen LogP contribution in [0.4, 0.5) is 4.39 Å². The molecule has 6 heteroatoms. The average molecular weight is 341 g/mol. The van der Waals surface area contributed by atoms with Crippen molar-refractivity contribution in [3.63, 3.8) is 0 Å². The van der Waals surface area contributed by atoms with Gasteiger partial charge in [-0.1, -0.05) is 12.1 Å². The van der Waals surface area contributed by atoms with E-state index in [2.05, 4.69) is 45.2 Å². The molecule has 108 valence electrons. The average Bonchev–Trinajstić information content (AvgIpc) is 2.88. The van der Waals surface area contributed by atoms with Crippen molar-refractivity contribution in [2.24, 2.45) is 0 Å². The van der Waals surface area contributed by atoms with Crippen molar-refractivity contribution in [1.29, 1.82) is 0 Å². The van der Waals surface area contributed by atoms with Crippen molar-refractivity contribution in [1.82, 2.24) is 20.1 Å². The fraction of sp³-hybridized carbons (Fsp3) is 0.429. The first-order valence-electron chi connectivity index (χ1n) is 6.54. The number of rotatable bonds is 5.